The van der Waals surface area contributed by atoms with Crippen LogP contribution in [0.2, 0.25) is 18.1 Å². The van der Waals surface area contributed by atoms with Crippen molar-refractivity contribution in [1.29, 1.82) is 0 Å². The zero-order valence-corrected chi connectivity index (χ0v) is 17.4. The zero-order valence-electron chi connectivity index (χ0n) is 16.4. The van der Waals surface area contributed by atoms with Gasteiger partial charge in [0.1, 0.15) is 5.78 Å². The predicted octanol–water partition coefficient (Wildman–Crippen LogP) is 6.66. The molecule has 136 valence electrons. The van der Waals surface area contributed by atoms with Gasteiger partial charge < -0.3 is 4.43 Å². The summed E-state index contributed by atoms with van der Waals surface area (Å²) in [7, 11) is -1.61. The summed E-state index contributed by atoms with van der Waals surface area (Å²) in [5, 5.41) is 0.272. The molecule has 0 aromatic rings. The van der Waals surface area contributed by atoms with E-state index in [9.17, 15) is 4.79 Å². The molecule has 0 aliphatic heterocycles. The lowest BCUT2D eigenvalue weighted by molar-refractivity contribution is -0.119. The van der Waals surface area contributed by atoms with Gasteiger partial charge in [-0.05, 0) is 50.2 Å². The molecule has 0 aliphatic rings. The van der Waals surface area contributed by atoms with Gasteiger partial charge in [-0.3, -0.25) is 4.79 Å². The number of Topliss-reactive ketones (excluding diaryl/α,β-unsaturated/α-hetero) is 1. The van der Waals surface area contributed by atoms with Gasteiger partial charge in [0.25, 0.3) is 0 Å². The highest BCUT2D eigenvalue weighted by molar-refractivity contribution is 6.74. The fraction of sp³-hybridized carbons (Fsp3) is 0.850. The molecule has 23 heavy (non-hydrogen) atoms. The van der Waals surface area contributed by atoms with Crippen LogP contribution in [0.3, 0.4) is 0 Å². The molecule has 0 rings (SSSR count). The maximum atomic E-state index is 11.9. The SMILES string of the molecule is C=CCCCCCCCC(=O)CCCCO[Si](C)(C)C(C)(C)C. The van der Waals surface area contributed by atoms with Crippen molar-refractivity contribution >= 4 is 14.1 Å². The van der Waals surface area contributed by atoms with Gasteiger partial charge in [0.05, 0.1) is 0 Å². The van der Waals surface area contributed by atoms with E-state index in [4.69, 9.17) is 4.43 Å². The van der Waals surface area contributed by atoms with E-state index in [0.29, 0.717) is 5.78 Å². The molecule has 0 aliphatic carbocycles. The summed E-state index contributed by atoms with van der Waals surface area (Å²) in [6.45, 7) is 15.9. The molecule has 0 saturated heterocycles. The number of allylic oxidation sites excluding steroid dienone is 1. The van der Waals surface area contributed by atoms with Crippen LogP contribution in [0.4, 0.5) is 0 Å². The second-order valence-electron chi connectivity index (χ2n) is 8.20. The number of carbonyl (C=O) groups excluding carboxylic acids is 1. The summed E-state index contributed by atoms with van der Waals surface area (Å²) in [6, 6.07) is 0. The van der Waals surface area contributed by atoms with E-state index >= 15 is 0 Å². The Morgan fingerprint density at radius 1 is 0.957 bits per heavy atom. The molecular formula is C20H40O2Si. The summed E-state index contributed by atoms with van der Waals surface area (Å²) >= 11 is 0. The highest BCUT2D eigenvalue weighted by Crippen LogP contribution is 2.36. The lowest BCUT2D eigenvalue weighted by Crippen LogP contribution is -2.40. The predicted molar refractivity (Wildman–Crippen MR) is 105 cm³/mol. The standard InChI is InChI=1S/C20H40O2Si/c1-7-8-9-10-11-12-13-16-19(21)17-14-15-18-22-23(5,6)20(2,3)4/h7H,1,8-18H2,2-6H3. The molecule has 0 radical (unpaired) electrons. The minimum atomic E-state index is -1.61. The molecule has 0 saturated carbocycles. The largest absolute Gasteiger partial charge is 0.417 e. The zero-order chi connectivity index (χ0) is 17.8. The number of carbonyl (C=O) groups is 1. The molecule has 0 spiro atoms. The first kappa shape index (κ1) is 22.6. The van der Waals surface area contributed by atoms with E-state index in [1.54, 1.807) is 0 Å². The molecule has 0 aromatic heterocycles. The van der Waals surface area contributed by atoms with Crippen LogP contribution in [0.5, 0.6) is 0 Å². The summed E-state index contributed by atoms with van der Waals surface area (Å²) in [5.41, 5.74) is 0. The Hall–Kier alpha value is -0.413. The number of ketones is 1. The fourth-order valence-corrected chi connectivity index (χ4v) is 3.32. The molecule has 0 N–H and O–H groups in total. The van der Waals surface area contributed by atoms with Crippen molar-refractivity contribution < 1.29 is 9.22 Å². The summed E-state index contributed by atoms with van der Waals surface area (Å²) in [5.74, 6) is 0.434. The number of rotatable bonds is 14. The van der Waals surface area contributed by atoms with Crippen molar-refractivity contribution in [3.05, 3.63) is 12.7 Å². The molecule has 2 nitrogen and oxygen atoms in total. The van der Waals surface area contributed by atoms with Gasteiger partial charge in [-0.1, -0.05) is 46.1 Å². The molecule has 0 aromatic carbocycles. The average Bonchev–Trinajstić information content (AvgIpc) is 2.44. The minimum absolute atomic E-state index is 0.272. The highest BCUT2D eigenvalue weighted by atomic mass is 28.4. The normalized spacial score (nSPS) is 12.4. The van der Waals surface area contributed by atoms with Crippen LogP contribution in [-0.4, -0.2) is 20.7 Å². The van der Waals surface area contributed by atoms with E-state index in [2.05, 4.69) is 40.4 Å². The van der Waals surface area contributed by atoms with Gasteiger partial charge in [0.15, 0.2) is 8.32 Å². The number of hydrogen-bond acceptors (Lipinski definition) is 2. The Morgan fingerprint density at radius 3 is 2.04 bits per heavy atom. The van der Waals surface area contributed by atoms with Crippen LogP contribution in [0, 0.1) is 0 Å². The summed E-state index contributed by atoms with van der Waals surface area (Å²) in [4.78, 5) is 11.9. The summed E-state index contributed by atoms with van der Waals surface area (Å²) < 4.78 is 6.14. The first-order valence-electron chi connectivity index (χ1n) is 9.47. The quantitative estimate of drug-likeness (QED) is 0.201. The Kier molecular flexibility index (Phi) is 11.8. The smallest absolute Gasteiger partial charge is 0.191 e. The first-order valence-corrected chi connectivity index (χ1v) is 12.4. The van der Waals surface area contributed by atoms with Gasteiger partial charge in [-0.15, -0.1) is 6.58 Å². The van der Waals surface area contributed by atoms with E-state index < -0.39 is 8.32 Å². The van der Waals surface area contributed by atoms with Crippen LogP contribution in [0.15, 0.2) is 12.7 Å². The van der Waals surface area contributed by atoms with E-state index in [1.807, 2.05) is 6.08 Å². The molecule has 0 amide bonds. The van der Waals surface area contributed by atoms with E-state index in [-0.39, 0.29) is 5.04 Å². The van der Waals surface area contributed by atoms with Gasteiger partial charge in [-0.25, -0.2) is 0 Å². The Morgan fingerprint density at radius 2 is 1.48 bits per heavy atom. The second kappa shape index (κ2) is 12.0. The average molecular weight is 341 g/mol. The maximum absolute atomic E-state index is 11.9. The topological polar surface area (TPSA) is 26.3 Å². The lowest BCUT2D eigenvalue weighted by Gasteiger charge is -2.36. The maximum Gasteiger partial charge on any atom is 0.191 e. The molecular weight excluding hydrogens is 300 g/mol. The van der Waals surface area contributed by atoms with Crippen molar-refractivity contribution in [3.63, 3.8) is 0 Å². The highest BCUT2D eigenvalue weighted by Gasteiger charge is 2.36. The Balaban J connectivity index is 3.52. The second-order valence-corrected chi connectivity index (χ2v) is 13.0. The Bertz CT molecular complexity index is 329. The van der Waals surface area contributed by atoms with Crippen molar-refractivity contribution in [2.75, 3.05) is 6.61 Å². The van der Waals surface area contributed by atoms with Gasteiger partial charge >= 0.3 is 0 Å². The van der Waals surface area contributed by atoms with Gasteiger partial charge in [0, 0.05) is 19.4 Å². The third-order valence-corrected chi connectivity index (χ3v) is 9.52. The molecule has 3 heteroatoms. The van der Waals surface area contributed by atoms with Crippen molar-refractivity contribution in [2.45, 2.75) is 103 Å². The third-order valence-electron chi connectivity index (χ3n) is 4.98. The van der Waals surface area contributed by atoms with Crippen LogP contribution >= 0.6 is 0 Å². The molecule has 0 unspecified atom stereocenters. The molecule has 0 heterocycles. The van der Waals surface area contributed by atoms with Crippen LogP contribution < -0.4 is 0 Å². The van der Waals surface area contributed by atoms with Crippen LogP contribution in [0.1, 0.15) is 85.0 Å². The lowest BCUT2D eigenvalue weighted by atomic mass is 10.0. The first-order chi connectivity index (χ1) is 10.7. The van der Waals surface area contributed by atoms with Crippen LogP contribution in [-0.2, 0) is 9.22 Å². The monoisotopic (exact) mass is 340 g/mol. The third kappa shape index (κ3) is 11.7. The molecule has 0 fully saturated rings. The number of unbranched alkanes of at least 4 members (excludes halogenated alkanes) is 6. The molecule has 0 atom stereocenters. The van der Waals surface area contributed by atoms with Crippen molar-refractivity contribution in [1.82, 2.24) is 0 Å². The fourth-order valence-electron chi connectivity index (χ4n) is 2.23. The Labute approximate surface area is 146 Å². The van der Waals surface area contributed by atoms with E-state index in [0.717, 1.165) is 45.1 Å². The van der Waals surface area contributed by atoms with E-state index in [1.165, 1.54) is 25.7 Å². The summed E-state index contributed by atoms with van der Waals surface area (Å²) in [6.07, 6.45) is 12.6. The molecule has 0 bridgehead atoms. The van der Waals surface area contributed by atoms with Gasteiger partial charge in [-0.2, -0.15) is 0 Å². The van der Waals surface area contributed by atoms with Crippen molar-refractivity contribution in [3.8, 4) is 0 Å². The van der Waals surface area contributed by atoms with Crippen molar-refractivity contribution in [2.24, 2.45) is 0 Å². The number of hydrogen-bond donors (Lipinski definition) is 0. The van der Waals surface area contributed by atoms with Crippen LogP contribution in [0.25, 0.3) is 0 Å². The van der Waals surface area contributed by atoms with Gasteiger partial charge in [0.2, 0.25) is 0 Å². The minimum Gasteiger partial charge on any atom is -0.417 e.